The second-order valence-corrected chi connectivity index (χ2v) is 4.56. The van der Waals surface area contributed by atoms with Gasteiger partial charge in [-0.3, -0.25) is 14.6 Å². The summed E-state index contributed by atoms with van der Waals surface area (Å²) >= 11 is 0. The molecule has 1 unspecified atom stereocenters. The Morgan fingerprint density at radius 2 is 2.11 bits per heavy atom. The summed E-state index contributed by atoms with van der Waals surface area (Å²) in [5.41, 5.74) is 1.48. The predicted molar refractivity (Wildman–Crippen MR) is 71.4 cm³/mol. The van der Waals surface area contributed by atoms with Crippen LogP contribution in [0.4, 0.5) is 0 Å². The molecule has 0 amide bonds. The molecule has 0 heterocycles. The molecule has 0 bridgehead atoms. The molecule has 0 spiro atoms. The second-order valence-electron chi connectivity index (χ2n) is 4.56. The zero-order chi connectivity index (χ0) is 13.0. The SMILES string of the molecule is CCCCN=CC1CC(=O)C(=O)c2ccccc21. The quantitative estimate of drug-likeness (QED) is 0.464. The molecule has 0 saturated carbocycles. The zero-order valence-electron chi connectivity index (χ0n) is 10.6. The van der Waals surface area contributed by atoms with Crippen molar-refractivity contribution < 1.29 is 9.59 Å². The van der Waals surface area contributed by atoms with E-state index in [1.807, 2.05) is 18.3 Å². The van der Waals surface area contributed by atoms with Crippen molar-refractivity contribution >= 4 is 17.8 Å². The van der Waals surface area contributed by atoms with Crippen molar-refractivity contribution in [2.24, 2.45) is 4.99 Å². The van der Waals surface area contributed by atoms with Gasteiger partial charge in [0.25, 0.3) is 0 Å². The van der Waals surface area contributed by atoms with Crippen molar-refractivity contribution in [3.05, 3.63) is 35.4 Å². The molecule has 3 heteroatoms. The van der Waals surface area contributed by atoms with Crippen LogP contribution >= 0.6 is 0 Å². The molecule has 3 nitrogen and oxygen atoms in total. The molecule has 2 rings (SSSR count). The van der Waals surface area contributed by atoms with Crippen molar-refractivity contribution in [3.63, 3.8) is 0 Å². The first-order valence-electron chi connectivity index (χ1n) is 6.40. The third-order valence-electron chi connectivity index (χ3n) is 3.19. The number of Topliss-reactive ketones (excluding diaryl/α,β-unsaturated/α-hetero) is 2. The summed E-state index contributed by atoms with van der Waals surface area (Å²) in [5, 5.41) is 0. The lowest BCUT2D eigenvalue weighted by Crippen LogP contribution is -2.26. The highest BCUT2D eigenvalue weighted by atomic mass is 16.2. The van der Waals surface area contributed by atoms with Crippen LogP contribution in [-0.4, -0.2) is 24.3 Å². The van der Waals surface area contributed by atoms with Crippen molar-refractivity contribution in [1.29, 1.82) is 0 Å². The van der Waals surface area contributed by atoms with E-state index in [1.165, 1.54) is 0 Å². The predicted octanol–water partition coefficient (Wildman–Crippen LogP) is 2.80. The van der Waals surface area contributed by atoms with Gasteiger partial charge >= 0.3 is 0 Å². The van der Waals surface area contributed by atoms with Gasteiger partial charge < -0.3 is 0 Å². The topological polar surface area (TPSA) is 46.5 Å². The van der Waals surface area contributed by atoms with Gasteiger partial charge in [0.1, 0.15) is 0 Å². The Labute approximate surface area is 107 Å². The van der Waals surface area contributed by atoms with Gasteiger partial charge in [0, 0.05) is 30.7 Å². The largest absolute Gasteiger partial charge is 0.297 e. The number of aliphatic imine (C=N–C) groups is 1. The maximum absolute atomic E-state index is 11.7. The van der Waals surface area contributed by atoms with Crippen LogP contribution < -0.4 is 0 Å². The fraction of sp³-hybridized carbons (Fsp3) is 0.400. The summed E-state index contributed by atoms with van der Waals surface area (Å²) in [6.45, 7) is 2.91. The maximum Gasteiger partial charge on any atom is 0.228 e. The number of carbonyl (C=O) groups excluding carboxylic acids is 2. The normalized spacial score (nSPS) is 19.3. The number of ketones is 2. The highest BCUT2D eigenvalue weighted by molar-refractivity contribution is 6.45. The number of hydrogen-bond donors (Lipinski definition) is 0. The Bertz CT molecular complexity index is 491. The highest BCUT2D eigenvalue weighted by Gasteiger charge is 2.30. The second kappa shape index (κ2) is 5.71. The van der Waals surface area contributed by atoms with Gasteiger partial charge in [-0.05, 0) is 12.0 Å². The molecule has 1 aliphatic carbocycles. The molecule has 0 radical (unpaired) electrons. The summed E-state index contributed by atoms with van der Waals surface area (Å²) < 4.78 is 0. The average molecular weight is 243 g/mol. The Morgan fingerprint density at radius 3 is 2.89 bits per heavy atom. The summed E-state index contributed by atoms with van der Waals surface area (Å²) in [6.07, 6.45) is 4.25. The molecule has 0 aliphatic heterocycles. The van der Waals surface area contributed by atoms with Gasteiger partial charge in [-0.25, -0.2) is 0 Å². The van der Waals surface area contributed by atoms with Gasteiger partial charge in [-0.1, -0.05) is 37.6 Å². The molecule has 1 aromatic carbocycles. The molecular weight excluding hydrogens is 226 g/mol. The number of fused-ring (bicyclic) bond motifs is 1. The third kappa shape index (κ3) is 2.55. The van der Waals surface area contributed by atoms with Gasteiger partial charge in [-0.2, -0.15) is 0 Å². The lowest BCUT2D eigenvalue weighted by molar-refractivity contribution is -0.115. The van der Waals surface area contributed by atoms with Gasteiger partial charge in [0.05, 0.1) is 0 Å². The van der Waals surface area contributed by atoms with E-state index in [-0.39, 0.29) is 23.9 Å². The van der Waals surface area contributed by atoms with Crippen LogP contribution in [0.5, 0.6) is 0 Å². The van der Waals surface area contributed by atoms with Crippen LogP contribution in [-0.2, 0) is 4.79 Å². The fourth-order valence-corrected chi connectivity index (χ4v) is 2.16. The van der Waals surface area contributed by atoms with Gasteiger partial charge in [0.15, 0.2) is 0 Å². The Morgan fingerprint density at radius 1 is 1.33 bits per heavy atom. The van der Waals surface area contributed by atoms with Gasteiger partial charge in [-0.15, -0.1) is 0 Å². The fourth-order valence-electron chi connectivity index (χ4n) is 2.16. The Hall–Kier alpha value is -1.77. The number of benzene rings is 1. The number of nitrogens with zero attached hydrogens (tertiary/aromatic N) is 1. The van der Waals surface area contributed by atoms with Crippen LogP contribution in [0.25, 0.3) is 0 Å². The molecule has 1 aromatic rings. The molecule has 1 atom stereocenters. The number of unbranched alkanes of at least 4 members (excludes halogenated alkanes) is 1. The van der Waals surface area contributed by atoms with E-state index in [0.717, 1.165) is 24.9 Å². The van der Waals surface area contributed by atoms with E-state index < -0.39 is 0 Å². The van der Waals surface area contributed by atoms with Crippen molar-refractivity contribution in [3.8, 4) is 0 Å². The van der Waals surface area contributed by atoms with Crippen LogP contribution in [0.3, 0.4) is 0 Å². The number of hydrogen-bond acceptors (Lipinski definition) is 3. The Balaban J connectivity index is 2.22. The lowest BCUT2D eigenvalue weighted by Gasteiger charge is -2.20. The van der Waals surface area contributed by atoms with Crippen LogP contribution in [0.2, 0.25) is 0 Å². The molecule has 0 fully saturated rings. The minimum Gasteiger partial charge on any atom is -0.297 e. The molecular formula is C15H17NO2. The minimum atomic E-state index is -0.358. The van der Waals surface area contributed by atoms with E-state index in [0.29, 0.717) is 5.56 Å². The molecule has 0 aromatic heterocycles. The Kier molecular flexibility index (Phi) is 4.03. The third-order valence-corrected chi connectivity index (χ3v) is 3.19. The highest BCUT2D eigenvalue weighted by Crippen LogP contribution is 2.28. The van der Waals surface area contributed by atoms with Crippen LogP contribution in [0.1, 0.15) is 48.0 Å². The average Bonchev–Trinajstić information content (AvgIpc) is 2.40. The smallest absolute Gasteiger partial charge is 0.228 e. The van der Waals surface area contributed by atoms with Crippen molar-refractivity contribution in [2.45, 2.75) is 32.1 Å². The summed E-state index contributed by atoms with van der Waals surface area (Å²) in [6, 6.07) is 7.33. The molecule has 0 N–H and O–H groups in total. The standard InChI is InChI=1S/C15H17NO2/c1-2-3-8-16-10-11-9-14(17)15(18)13-7-5-4-6-12(11)13/h4-7,10-11H,2-3,8-9H2,1H3. The first-order valence-corrected chi connectivity index (χ1v) is 6.40. The molecule has 18 heavy (non-hydrogen) atoms. The number of rotatable bonds is 4. The maximum atomic E-state index is 11.7. The summed E-state index contributed by atoms with van der Waals surface area (Å²) in [7, 11) is 0. The lowest BCUT2D eigenvalue weighted by atomic mass is 9.82. The van der Waals surface area contributed by atoms with E-state index in [1.54, 1.807) is 12.1 Å². The first kappa shape index (κ1) is 12.7. The van der Waals surface area contributed by atoms with Crippen LogP contribution in [0.15, 0.2) is 29.3 Å². The zero-order valence-corrected chi connectivity index (χ0v) is 10.6. The summed E-state index contributed by atoms with van der Waals surface area (Å²) in [5.74, 6) is -0.701. The summed E-state index contributed by atoms with van der Waals surface area (Å²) in [4.78, 5) is 27.7. The van der Waals surface area contributed by atoms with Crippen LogP contribution in [0, 0.1) is 0 Å². The molecule has 1 aliphatic rings. The monoisotopic (exact) mass is 243 g/mol. The molecule has 94 valence electrons. The van der Waals surface area contributed by atoms with Crippen molar-refractivity contribution in [2.75, 3.05) is 6.54 Å². The van der Waals surface area contributed by atoms with E-state index in [9.17, 15) is 9.59 Å². The van der Waals surface area contributed by atoms with Crippen molar-refractivity contribution in [1.82, 2.24) is 0 Å². The minimum absolute atomic E-state index is 0.0387. The van der Waals surface area contributed by atoms with E-state index >= 15 is 0 Å². The number of carbonyl (C=O) groups is 2. The van der Waals surface area contributed by atoms with E-state index in [4.69, 9.17) is 0 Å². The molecule has 0 saturated heterocycles. The van der Waals surface area contributed by atoms with Gasteiger partial charge in [0.2, 0.25) is 11.6 Å². The first-order chi connectivity index (χ1) is 8.74. The van der Waals surface area contributed by atoms with E-state index in [2.05, 4.69) is 11.9 Å².